The van der Waals surface area contributed by atoms with Gasteiger partial charge >= 0.3 is 0 Å². The number of halogens is 3. The van der Waals surface area contributed by atoms with Gasteiger partial charge in [0, 0.05) is 0 Å². The molecule has 0 atom stereocenters. The predicted molar refractivity (Wildman–Crippen MR) is 61.3 cm³/mol. The normalized spacial score (nSPS) is 24.9. The van der Waals surface area contributed by atoms with Gasteiger partial charge in [0.1, 0.15) is 0 Å². The standard InChI is InChI=1S/C14H17F3/c1-2-9-3-5-10(6-4-9)11-7-8-12(15)14(17)13(11)16/h7-10H,2-6H2,1H3/t9-,10-. The van der Waals surface area contributed by atoms with E-state index < -0.39 is 17.5 Å². The molecule has 1 aliphatic rings. The Morgan fingerprint density at radius 2 is 1.65 bits per heavy atom. The summed E-state index contributed by atoms with van der Waals surface area (Å²) in [5, 5.41) is 0. The first-order valence-corrected chi connectivity index (χ1v) is 6.26. The Kier molecular flexibility index (Phi) is 3.75. The van der Waals surface area contributed by atoms with E-state index in [0.717, 1.165) is 38.2 Å². The summed E-state index contributed by atoms with van der Waals surface area (Å²) in [6, 6.07) is 2.42. The summed E-state index contributed by atoms with van der Waals surface area (Å²) in [6.45, 7) is 2.16. The van der Waals surface area contributed by atoms with Crippen LogP contribution in [0, 0.1) is 23.4 Å². The van der Waals surface area contributed by atoms with E-state index in [2.05, 4.69) is 6.92 Å². The molecule has 2 rings (SSSR count). The quantitative estimate of drug-likeness (QED) is 0.654. The molecule has 1 fully saturated rings. The Bertz CT molecular complexity index is 393. The van der Waals surface area contributed by atoms with Gasteiger partial charge in [-0.15, -0.1) is 0 Å². The number of benzene rings is 1. The van der Waals surface area contributed by atoms with Gasteiger partial charge in [0.25, 0.3) is 0 Å². The molecule has 0 bridgehead atoms. The van der Waals surface area contributed by atoms with Gasteiger partial charge in [-0.25, -0.2) is 13.2 Å². The molecule has 1 aromatic carbocycles. The second-order valence-electron chi connectivity index (χ2n) is 4.89. The summed E-state index contributed by atoms with van der Waals surface area (Å²) in [7, 11) is 0. The maximum atomic E-state index is 13.6. The molecule has 0 N–H and O–H groups in total. The number of hydrogen-bond donors (Lipinski definition) is 0. The van der Waals surface area contributed by atoms with E-state index in [-0.39, 0.29) is 5.92 Å². The molecule has 0 radical (unpaired) electrons. The average Bonchev–Trinajstić information content (AvgIpc) is 2.36. The molecule has 94 valence electrons. The molecule has 0 heterocycles. The third-order valence-corrected chi connectivity index (χ3v) is 3.93. The van der Waals surface area contributed by atoms with Crippen LogP contribution in [0.1, 0.15) is 50.5 Å². The van der Waals surface area contributed by atoms with E-state index in [1.165, 1.54) is 6.07 Å². The average molecular weight is 242 g/mol. The third kappa shape index (κ3) is 2.48. The van der Waals surface area contributed by atoms with Gasteiger partial charge in [0.15, 0.2) is 17.5 Å². The highest BCUT2D eigenvalue weighted by molar-refractivity contribution is 5.24. The molecule has 0 nitrogen and oxygen atoms in total. The fourth-order valence-electron chi connectivity index (χ4n) is 2.74. The van der Waals surface area contributed by atoms with Crippen LogP contribution in [-0.4, -0.2) is 0 Å². The number of hydrogen-bond acceptors (Lipinski definition) is 0. The van der Waals surface area contributed by atoms with Crippen molar-refractivity contribution in [3.05, 3.63) is 35.1 Å². The first-order chi connectivity index (χ1) is 8.13. The lowest BCUT2D eigenvalue weighted by atomic mass is 9.77. The van der Waals surface area contributed by atoms with Gasteiger partial charge in [-0.3, -0.25) is 0 Å². The molecule has 0 aliphatic heterocycles. The molecule has 0 saturated heterocycles. The van der Waals surface area contributed by atoms with E-state index in [1.54, 1.807) is 0 Å². The Morgan fingerprint density at radius 3 is 2.24 bits per heavy atom. The lowest BCUT2D eigenvalue weighted by molar-refractivity contribution is 0.311. The molecule has 0 amide bonds. The molecule has 3 heteroatoms. The van der Waals surface area contributed by atoms with Crippen LogP contribution in [0.4, 0.5) is 13.2 Å². The summed E-state index contributed by atoms with van der Waals surface area (Å²) < 4.78 is 39.6. The lowest BCUT2D eigenvalue weighted by Crippen LogP contribution is -2.14. The highest BCUT2D eigenvalue weighted by Crippen LogP contribution is 2.38. The van der Waals surface area contributed by atoms with Gasteiger partial charge in [-0.05, 0) is 49.1 Å². The predicted octanol–water partition coefficient (Wildman–Crippen LogP) is 4.79. The highest BCUT2D eigenvalue weighted by Gasteiger charge is 2.25. The summed E-state index contributed by atoms with van der Waals surface area (Å²) in [4.78, 5) is 0. The summed E-state index contributed by atoms with van der Waals surface area (Å²) in [5.74, 6) is -2.67. The van der Waals surface area contributed by atoms with Crippen LogP contribution in [0.25, 0.3) is 0 Å². The van der Waals surface area contributed by atoms with Crippen LogP contribution in [-0.2, 0) is 0 Å². The Morgan fingerprint density at radius 1 is 1.00 bits per heavy atom. The van der Waals surface area contributed by atoms with Crippen LogP contribution in [0.5, 0.6) is 0 Å². The highest BCUT2D eigenvalue weighted by atomic mass is 19.2. The zero-order chi connectivity index (χ0) is 12.4. The Hall–Kier alpha value is -0.990. The van der Waals surface area contributed by atoms with Crippen molar-refractivity contribution in [2.75, 3.05) is 0 Å². The van der Waals surface area contributed by atoms with Gasteiger partial charge in [-0.1, -0.05) is 19.4 Å². The number of rotatable bonds is 2. The van der Waals surface area contributed by atoms with Crippen LogP contribution in [0.2, 0.25) is 0 Å². The van der Waals surface area contributed by atoms with E-state index in [9.17, 15) is 13.2 Å². The SMILES string of the molecule is CC[C@H]1CC[C@H](c2ccc(F)c(F)c2F)CC1. The fourth-order valence-corrected chi connectivity index (χ4v) is 2.74. The minimum absolute atomic E-state index is 0.0490. The second kappa shape index (κ2) is 5.11. The third-order valence-electron chi connectivity index (χ3n) is 3.93. The molecule has 1 aromatic rings. The van der Waals surface area contributed by atoms with Crippen molar-refractivity contribution in [2.45, 2.75) is 44.9 Å². The molecule has 0 aromatic heterocycles. The maximum Gasteiger partial charge on any atom is 0.194 e. The zero-order valence-corrected chi connectivity index (χ0v) is 9.98. The van der Waals surface area contributed by atoms with Crippen molar-refractivity contribution in [1.82, 2.24) is 0 Å². The smallest absolute Gasteiger partial charge is 0.194 e. The molecule has 0 unspecified atom stereocenters. The van der Waals surface area contributed by atoms with Crippen LogP contribution in [0.15, 0.2) is 12.1 Å². The Balaban J connectivity index is 2.16. The summed E-state index contributed by atoms with van der Waals surface area (Å²) >= 11 is 0. The second-order valence-corrected chi connectivity index (χ2v) is 4.89. The van der Waals surface area contributed by atoms with E-state index >= 15 is 0 Å². The van der Waals surface area contributed by atoms with Crippen molar-refractivity contribution in [1.29, 1.82) is 0 Å². The maximum absolute atomic E-state index is 13.6. The minimum atomic E-state index is -1.33. The van der Waals surface area contributed by atoms with Crippen molar-refractivity contribution in [2.24, 2.45) is 5.92 Å². The van der Waals surface area contributed by atoms with Gasteiger partial charge < -0.3 is 0 Å². The molecular formula is C14H17F3. The topological polar surface area (TPSA) is 0 Å². The molecule has 0 spiro atoms. The minimum Gasteiger partial charge on any atom is -0.204 e. The van der Waals surface area contributed by atoms with Crippen LogP contribution >= 0.6 is 0 Å². The van der Waals surface area contributed by atoms with Crippen molar-refractivity contribution < 1.29 is 13.2 Å². The van der Waals surface area contributed by atoms with E-state index in [0.29, 0.717) is 11.5 Å². The van der Waals surface area contributed by atoms with Crippen molar-refractivity contribution in [3.8, 4) is 0 Å². The summed E-state index contributed by atoms with van der Waals surface area (Å²) in [5.41, 5.74) is 0.346. The van der Waals surface area contributed by atoms with Gasteiger partial charge in [0.2, 0.25) is 0 Å². The first kappa shape index (κ1) is 12.5. The van der Waals surface area contributed by atoms with Crippen LogP contribution < -0.4 is 0 Å². The molecular weight excluding hydrogens is 225 g/mol. The molecule has 1 saturated carbocycles. The Labute approximate surface area is 99.8 Å². The lowest BCUT2D eigenvalue weighted by Gasteiger charge is -2.28. The fraction of sp³-hybridized carbons (Fsp3) is 0.571. The van der Waals surface area contributed by atoms with Gasteiger partial charge in [-0.2, -0.15) is 0 Å². The van der Waals surface area contributed by atoms with Crippen molar-refractivity contribution >= 4 is 0 Å². The summed E-state index contributed by atoms with van der Waals surface area (Å²) in [6.07, 6.45) is 5.01. The zero-order valence-electron chi connectivity index (χ0n) is 9.98. The molecule has 17 heavy (non-hydrogen) atoms. The van der Waals surface area contributed by atoms with Crippen molar-refractivity contribution in [3.63, 3.8) is 0 Å². The first-order valence-electron chi connectivity index (χ1n) is 6.26. The van der Waals surface area contributed by atoms with Gasteiger partial charge in [0.05, 0.1) is 0 Å². The largest absolute Gasteiger partial charge is 0.204 e. The van der Waals surface area contributed by atoms with E-state index in [4.69, 9.17) is 0 Å². The van der Waals surface area contributed by atoms with Crippen LogP contribution in [0.3, 0.4) is 0 Å². The molecule has 1 aliphatic carbocycles. The van der Waals surface area contributed by atoms with E-state index in [1.807, 2.05) is 0 Å². The monoisotopic (exact) mass is 242 g/mol.